The zero-order valence-electron chi connectivity index (χ0n) is 14.7. The zero-order valence-corrected chi connectivity index (χ0v) is 14.7. The van der Waals surface area contributed by atoms with Crippen LogP contribution >= 0.6 is 0 Å². The van der Waals surface area contributed by atoms with Crippen molar-refractivity contribution in [1.82, 2.24) is 19.7 Å². The third-order valence-corrected chi connectivity index (χ3v) is 4.55. The van der Waals surface area contributed by atoms with E-state index >= 15 is 0 Å². The van der Waals surface area contributed by atoms with Crippen molar-refractivity contribution in [2.45, 2.75) is 18.4 Å². The van der Waals surface area contributed by atoms with Crippen LogP contribution < -0.4 is 15.4 Å². The van der Waals surface area contributed by atoms with Crippen LogP contribution in [0.25, 0.3) is 0 Å². The number of nitrogens with one attached hydrogen (secondary N) is 2. The second-order valence-corrected chi connectivity index (χ2v) is 6.59. The van der Waals surface area contributed by atoms with Gasteiger partial charge in [0.1, 0.15) is 17.1 Å². The molecule has 0 saturated carbocycles. The maximum Gasteiger partial charge on any atom is 0.437 e. The minimum atomic E-state index is -4.84. The minimum absolute atomic E-state index is 0.0874. The first kappa shape index (κ1) is 19.5. The lowest BCUT2D eigenvalue weighted by atomic mass is 10.0. The average Bonchev–Trinajstić information content (AvgIpc) is 3.15. The summed E-state index contributed by atoms with van der Waals surface area (Å²) in [5.74, 6) is -1.70. The summed E-state index contributed by atoms with van der Waals surface area (Å²) >= 11 is 0. The summed E-state index contributed by atoms with van der Waals surface area (Å²) in [6.45, 7) is 0.141. The van der Waals surface area contributed by atoms with Crippen molar-refractivity contribution in [3.63, 3.8) is 0 Å². The Kier molecular flexibility index (Phi) is 4.47. The molecule has 1 saturated heterocycles. The first-order chi connectivity index (χ1) is 13.5. The number of rotatable bonds is 0. The van der Waals surface area contributed by atoms with Gasteiger partial charge < -0.3 is 20.1 Å². The monoisotopic (exact) mass is 424 g/mol. The molecule has 0 amide bonds. The minimum Gasteiger partial charge on any atom is -0.476 e. The van der Waals surface area contributed by atoms with E-state index in [4.69, 9.17) is 9.47 Å². The molecule has 2 aromatic rings. The summed E-state index contributed by atoms with van der Waals surface area (Å²) in [4.78, 5) is 7.29. The molecule has 1 fully saturated rings. The van der Waals surface area contributed by atoms with Crippen molar-refractivity contribution >= 4 is 17.5 Å². The zero-order chi connectivity index (χ0) is 21.0. The normalized spacial score (nSPS) is 21.9. The number of aromatic nitrogens is 4. The van der Waals surface area contributed by atoms with Crippen molar-refractivity contribution in [1.29, 1.82) is 0 Å². The van der Waals surface area contributed by atoms with Gasteiger partial charge in [-0.15, -0.1) is 0 Å². The summed E-state index contributed by atoms with van der Waals surface area (Å²) in [5, 5.41) is 8.42. The Hall–Kier alpha value is -2.77. The lowest BCUT2D eigenvalue weighted by Gasteiger charge is -2.21. The van der Waals surface area contributed by atoms with E-state index in [0.29, 0.717) is 6.20 Å². The molecule has 2 N–H and O–H groups in total. The van der Waals surface area contributed by atoms with Gasteiger partial charge in [0, 0.05) is 19.2 Å². The Morgan fingerprint density at radius 2 is 1.86 bits per heavy atom. The summed E-state index contributed by atoms with van der Waals surface area (Å²) in [5.41, 5.74) is -3.02. The molecule has 2 bridgehead atoms. The molecule has 0 radical (unpaired) electrons. The van der Waals surface area contributed by atoms with Crippen LogP contribution in [-0.2, 0) is 24.1 Å². The topological polar surface area (TPSA) is 86.1 Å². The number of hydrogen-bond acceptors (Lipinski definition) is 7. The Morgan fingerprint density at radius 3 is 2.55 bits per heavy atom. The van der Waals surface area contributed by atoms with Gasteiger partial charge in [-0.25, -0.2) is 9.67 Å². The van der Waals surface area contributed by atoms with Crippen LogP contribution in [0.15, 0.2) is 6.20 Å². The lowest BCUT2D eigenvalue weighted by Crippen LogP contribution is -2.33. The highest BCUT2D eigenvalue weighted by molar-refractivity contribution is 5.66. The van der Waals surface area contributed by atoms with Crippen LogP contribution in [0.5, 0.6) is 5.88 Å². The highest BCUT2D eigenvalue weighted by Crippen LogP contribution is 2.42. The second kappa shape index (κ2) is 6.64. The van der Waals surface area contributed by atoms with Gasteiger partial charge in [0.15, 0.2) is 5.69 Å². The molecule has 0 unspecified atom stereocenters. The van der Waals surface area contributed by atoms with Crippen molar-refractivity contribution in [2.75, 3.05) is 30.5 Å². The molecule has 4 rings (SSSR count). The van der Waals surface area contributed by atoms with Gasteiger partial charge in [-0.2, -0.15) is 36.4 Å². The Balaban J connectivity index is 1.86. The molecule has 29 heavy (non-hydrogen) atoms. The summed E-state index contributed by atoms with van der Waals surface area (Å²) in [7, 11) is 1.26. The van der Waals surface area contributed by atoms with E-state index < -0.39 is 53.0 Å². The summed E-state index contributed by atoms with van der Waals surface area (Å²) < 4.78 is 92.0. The molecule has 2 aliphatic heterocycles. The van der Waals surface area contributed by atoms with Crippen LogP contribution in [-0.4, -0.2) is 45.6 Å². The number of ether oxygens (including phenoxy) is 2. The number of halogens is 6. The van der Waals surface area contributed by atoms with Crippen molar-refractivity contribution < 1.29 is 35.8 Å². The molecule has 0 spiro atoms. The van der Waals surface area contributed by atoms with Gasteiger partial charge >= 0.3 is 12.4 Å². The number of alkyl halides is 6. The highest BCUT2D eigenvalue weighted by Gasteiger charge is 2.42. The number of fused-ring (bicyclic) bond motifs is 4. The Morgan fingerprint density at radius 1 is 1.10 bits per heavy atom. The number of anilines is 3. The van der Waals surface area contributed by atoms with Crippen LogP contribution in [0.1, 0.15) is 11.3 Å². The van der Waals surface area contributed by atoms with E-state index in [9.17, 15) is 26.3 Å². The fourth-order valence-electron chi connectivity index (χ4n) is 3.14. The van der Waals surface area contributed by atoms with E-state index in [0.717, 1.165) is 4.68 Å². The van der Waals surface area contributed by atoms with Gasteiger partial charge in [0.05, 0.1) is 25.9 Å². The molecule has 2 atom stereocenters. The fourth-order valence-corrected chi connectivity index (χ4v) is 3.14. The van der Waals surface area contributed by atoms with Gasteiger partial charge in [-0.1, -0.05) is 0 Å². The molecular formula is C15H14F6N6O2. The van der Waals surface area contributed by atoms with E-state index in [2.05, 4.69) is 25.7 Å². The molecule has 8 nitrogen and oxygen atoms in total. The van der Waals surface area contributed by atoms with Gasteiger partial charge in [0.25, 0.3) is 0 Å². The maximum atomic E-state index is 13.4. The quantitative estimate of drug-likeness (QED) is 0.629. The molecule has 0 aliphatic carbocycles. The number of hydrogen-bond donors (Lipinski definition) is 2. The summed E-state index contributed by atoms with van der Waals surface area (Å²) in [6.07, 6.45) is -9.10. The molecule has 4 heterocycles. The van der Waals surface area contributed by atoms with Gasteiger partial charge in [0.2, 0.25) is 11.8 Å². The number of nitrogens with zero attached hydrogens (tertiary/aromatic N) is 4. The molecule has 14 heteroatoms. The first-order valence-corrected chi connectivity index (χ1v) is 8.36. The van der Waals surface area contributed by atoms with E-state index in [1.54, 1.807) is 0 Å². The predicted molar refractivity (Wildman–Crippen MR) is 85.7 cm³/mol. The van der Waals surface area contributed by atoms with Gasteiger partial charge in [-0.3, -0.25) is 0 Å². The Bertz CT molecular complexity index is 927. The van der Waals surface area contributed by atoms with E-state index in [1.165, 1.54) is 7.05 Å². The van der Waals surface area contributed by atoms with Gasteiger partial charge in [-0.05, 0) is 0 Å². The Labute approximate surface area is 159 Å². The summed E-state index contributed by atoms with van der Waals surface area (Å²) in [6, 6.07) is -0.587. The van der Waals surface area contributed by atoms with Crippen LogP contribution in [0.3, 0.4) is 0 Å². The van der Waals surface area contributed by atoms with Crippen LogP contribution in [0.2, 0.25) is 0 Å². The number of aryl methyl sites for hydroxylation is 1. The lowest BCUT2D eigenvalue weighted by molar-refractivity contribution is -0.141. The SMILES string of the molecule is Cn1nc(C(F)(F)F)c2c1OC[C@@H]1COC[C@H]1Nc1nc(ncc1C(F)(F)F)N2. The second-order valence-electron chi connectivity index (χ2n) is 6.59. The van der Waals surface area contributed by atoms with Crippen LogP contribution in [0, 0.1) is 5.92 Å². The average molecular weight is 424 g/mol. The first-order valence-electron chi connectivity index (χ1n) is 8.36. The highest BCUT2D eigenvalue weighted by atomic mass is 19.4. The van der Waals surface area contributed by atoms with Crippen molar-refractivity contribution in [3.05, 3.63) is 17.5 Å². The molecule has 0 aromatic carbocycles. The fraction of sp³-hybridized carbons (Fsp3) is 0.533. The van der Waals surface area contributed by atoms with Crippen molar-refractivity contribution in [3.8, 4) is 5.88 Å². The molecule has 2 aromatic heterocycles. The third-order valence-electron chi connectivity index (χ3n) is 4.55. The molecule has 158 valence electrons. The third kappa shape index (κ3) is 3.63. The predicted octanol–water partition coefficient (Wildman–Crippen LogP) is 2.81. The largest absolute Gasteiger partial charge is 0.476 e. The smallest absolute Gasteiger partial charge is 0.437 e. The molecule has 2 aliphatic rings. The molecular weight excluding hydrogens is 410 g/mol. The van der Waals surface area contributed by atoms with Crippen molar-refractivity contribution in [2.24, 2.45) is 13.0 Å². The maximum absolute atomic E-state index is 13.4. The van der Waals surface area contributed by atoms with E-state index in [-0.39, 0.29) is 25.7 Å². The van der Waals surface area contributed by atoms with E-state index in [1.807, 2.05) is 0 Å². The standard InChI is InChI=1S/C15H14F6N6O2/c1-27-12-9(10(26-27)15(19,20)21)24-13-22-2-7(14(16,17)18)11(25-13)23-8-5-28-3-6(8)4-29-12/h2,6,8H,3-5H2,1H3,(H2,22,23,24,25)/t6-,8+/m0/s1. The van der Waals surface area contributed by atoms with Crippen LogP contribution in [0.4, 0.5) is 43.8 Å².